The third kappa shape index (κ3) is 3.95. The standard InChI is InChI=1S/C16H22INO2/c1-16(2,13-9-6-10-18-11-13)20-15(19)14(17)12-7-4-3-5-8-12/h3-5,7-8,13-14,18H,6,9-11H2,1-2H3/p+1. The summed E-state index contributed by atoms with van der Waals surface area (Å²) in [5.41, 5.74) is 0.621. The first-order chi connectivity index (χ1) is 9.50. The second-order valence-electron chi connectivity index (χ2n) is 5.95. The van der Waals surface area contributed by atoms with Crippen LogP contribution in [-0.2, 0) is 9.53 Å². The van der Waals surface area contributed by atoms with E-state index in [1.807, 2.05) is 44.2 Å². The number of quaternary nitrogens is 1. The lowest BCUT2D eigenvalue weighted by Gasteiger charge is -2.35. The summed E-state index contributed by atoms with van der Waals surface area (Å²) >= 11 is 2.16. The zero-order valence-electron chi connectivity index (χ0n) is 12.1. The molecular weight excluding hydrogens is 365 g/mol. The van der Waals surface area contributed by atoms with E-state index in [9.17, 15) is 4.79 Å². The number of rotatable bonds is 4. The van der Waals surface area contributed by atoms with Crippen LogP contribution in [0.25, 0.3) is 0 Å². The van der Waals surface area contributed by atoms with Crippen LogP contribution in [0.5, 0.6) is 0 Å². The van der Waals surface area contributed by atoms with Crippen LogP contribution < -0.4 is 5.32 Å². The van der Waals surface area contributed by atoms with E-state index in [-0.39, 0.29) is 15.5 Å². The largest absolute Gasteiger partial charge is 0.458 e. The number of benzene rings is 1. The molecule has 0 bridgehead atoms. The molecule has 20 heavy (non-hydrogen) atoms. The molecule has 0 aromatic heterocycles. The number of hydrogen-bond acceptors (Lipinski definition) is 2. The van der Waals surface area contributed by atoms with Crippen molar-refractivity contribution >= 4 is 28.6 Å². The number of alkyl halides is 1. The second kappa shape index (κ2) is 6.89. The monoisotopic (exact) mass is 388 g/mol. The van der Waals surface area contributed by atoms with Crippen LogP contribution >= 0.6 is 22.6 Å². The zero-order chi connectivity index (χ0) is 14.6. The van der Waals surface area contributed by atoms with Gasteiger partial charge in [-0.05, 0) is 32.3 Å². The number of hydrogen-bond donors (Lipinski definition) is 1. The van der Waals surface area contributed by atoms with Crippen molar-refractivity contribution in [2.45, 2.75) is 36.2 Å². The van der Waals surface area contributed by atoms with Crippen molar-refractivity contribution in [3.63, 3.8) is 0 Å². The molecule has 110 valence electrons. The van der Waals surface area contributed by atoms with Crippen LogP contribution in [0.1, 0.15) is 36.2 Å². The number of carbonyl (C=O) groups excluding carboxylic acids is 1. The number of nitrogens with two attached hydrogens (primary N) is 1. The Bertz CT molecular complexity index is 441. The van der Waals surface area contributed by atoms with Gasteiger partial charge in [-0.25, -0.2) is 0 Å². The van der Waals surface area contributed by atoms with Gasteiger partial charge in [-0.15, -0.1) is 0 Å². The Morgan fingerprint density at radius 1 is 1.40 bits per heavy atom. The van der Waals surface area contributed by atoms with Crippen molar-refractivity contribution in [3.8, 4) is 0 Å². The molecule has 0 saturated carbocycles. The topological polar surface area (TPSA) is 42.9 Å². The van der Waals surface area contributed by atoms with E-state index in [0.717, 1.165) is 18.5 Å². The molecule has 1 aliphatic rings. The molecule has 2 N–H and O–H groups in total. The van der Waals surface area contributed by atoms with Gasteiger partial charge in [0.05, 0.1) is 13.1 Å². The summed E-state index contributed by atoms with van der Waals surface area (Å²) in [4.78, 5) is 12.4. The van der Waals surface area contributed by atoms with E-state index < -0.39 is 0 Å². The van der Waals surface area contributed by atoms with Crippen LogP contribution in [0.15, 0.2) is 30.3 Å². The maximum Gasteiger partial charge on any atom is 0.323 e. The molecule has 0 amide bonds. The van der Waals surface area contributed by atoms with Crippen molar-refractivity contribution in [2.24, 2.45) is 5.92 Å². The van der Waals surface area contributed by atoms with Gasteiger partial charge in [0, 0.05) is 5.92 Å². The molecule has 0 radical (unpaired) electrons. The highest BCUT2D eigenvalue weighted by molar-refractivity contribution is 14.1. The van der Waals surface area contributed by atoms with E-state index in [1.54, 1.807) is 0 Å². The highest BCUT2D eigenvalue weighted by Gasteiger charge is 2.37. The Kier molecular flexibility index (Phi) is 5.43. The van der Waals surface area contributed by atoms with Gasteiger partial charge in [-0.3, -0.25) is 4.79 Å². The van der Waals surface area contributed by atoms with Gasteiger partial charge < -0.3 is 10.1 Å². The second-order valence-corrected chi connectivity index (χ2v) is 7.20. The Hall–Kier alpha value is -0.620. The molecule has 0 spiro atoms. The number of carbonyl (C=O) groups is 1. The molecule has 3 nitrogen and oxygen atoms in total. The summed E-state index contributed by atoms with van der Waals surface area (Å²) in [6.07, 6.45) is 2.35. The molecular formula is C16H23INO2+. The fourth-order valence-corrected chi connectivity index (χ4v) is 3.27. The van der Waals surface area contributed by atoms with Crippen molar-refractivity contribution in [1.82, 2.24) is 0 Å². The third-order valence-corrected chi connectivity index (χ3v) is 5.29. The van der Waals surface area contributed by atoms with E-state index >= 15 is 0 Å². The smallest absolute Gasteiger partial charge is 0.323 e. The summed E-state index contributed by atoms with van der Waals surface area (Å²) in [6.45, 7) is 6.34. The number of ether oxygens (including phenoxy) is 1. The molecule has 2 atom stereocenters. The van der Waals surface area contributed by atoms with Gasteiger partial charge >= 0.3 is 5.97 Å². The van der Waals surface area contributed by atoms with Gasteiger partial charge in [-0.2, -0.15) is 0 Å². The average molecular weight is 388 g/mol. The first kappa shape index (κ1) is 15.8. The lowest BCUT2D eigenvalue weighted by atomic mass is 9.85. The highest BCUT2D eigenvalue weighted by atomic mass is 127. The number of halogens is 1. The molecule has 0 aliphatic carbocycles. The maximum atomic E-state index is 12.4. The van der Waals surface area contributed by atoms with Crippen molar-refractivity contribution in [1.29, 1.82) is 0 Å². The van der Waals surface area contributed by atoms with E-state index in [2.05, 4.69) is 27.9 Å². The minimum Gasteiger partial charge on any atom is -0.458 e. The van der Waals surface area contributed by atoms with Crippen molar-refractivity contribution in [3.05, 3.63) is 35.9 Å². The van der Waals surface area contributed by atoms with E-state index in [0.29, 0.717) is 5.92 Å². The van der Waals surface area contributed by atoms with Crippen LogP contribution in [-0.4, -0.2) is 24.7 Å². The average Bonchev–Trinajstić information content (AvgIpc) is 2.48. The fraction of sp³-hybridized carbons (Fsp3) is 0.562. The lowest BCUT2D eigenvalue weighted by Crippen LogP contribution is -2.88. The van der Waals surface area contributed by atoms with Gasteiger partial charge in [0.2, 0.25) is 0 Å². The molecule has 1 saturated heterocycles. The predicted molar refractivity (Wildman–Crippen MR) is 87.8 cm³/mol. The third-order valence-electron chi connectivity index (χ3n) is 4.06. The van der Waals surface area contributed by atoms with Crippen molar-refractivity contribution < 1.29 is 14.8 Å². The van der Waals surface area contributed by atoms with Crippen LogP contribution in [0.3, 0.4) is 0 Å². The molecule has 4 heteroatoms. The number of esters is 1. The quantitative estimate of drug-likeness (QED) is 0.489. The van der Waals surface area contributed by atoms with Gasteiger partial charge in [0.25, 0.3) is 0 Å². The first-order valence-electron chi connectivity index (χ1n) is 7.24. The van der Waals surface area contributed by atoms with Gasteiger partial charge in [-0.1, -0.05) is 52.9 Å². The molecule has 2 unspecified atom stereocenters. The molecule has 1 aliphatic heterocycles. The fourth-order valence-electron chi connectivity index (χ4n) is 2.73. The summed E-state index contributed by atoms with van der Waals surface area (Å²) < 4.78 is 5.59. The van der Waals surface area contributed by atoms with E-state index in [4.69, 9.17) is 4.74 Å². The summed E-state index contributed by atoms with van der Waals surface area (Å²) in [7, 11) is 0. The Labute approximate surface area is 134 Å². The maximum absolute atomic E-state index is 12.4. The van der Waals surface area contributed by atoms with Crippen LogP contribution in [0.2, 0.25) is 0 Å². The van der Waals surface area contributed by atoms with E-state index in [1.165, 1.54) is 13.0 Å². The number of piperidine rings is 1. The lowest BCUT2D eigenvalue weighted by molar-refractivity contribution is -0.671. The Morgan fingerprint density at radius 3 is 2.70 bits per heavy atom. The molecule has 2 rings (SSSR count). The molecule has 1 fully saturated rings. The predicted octanol–water partition coefficient (Wildman–Crippen LogP) is 2.46. The van der Waals surface area contributed by atoms with Crippen LogP contribution in [0, 0.1) is 5.92 Å². The molecule has 1 aromatic rings. The van der Waals surface area contributed by atoms with Gasteiger partial charge in [0.1, 0.15) is 9.53 Å². The Morgan fingerprint density at radius 2 is 2.10 bits per heavy atom. The SMILES string of the molecule is CC(C)(OC(=O)C(I)c1ccccc1)C1CCC[NH2+]C1. The molecule has 1 heterocycles. The van der Waals surface area contributed by atoms with Crippen LogP contribution in [0.4, 0.5) is 0 Å². The summed E-state index contributed by atoms with van der Waals surface area (Å²) in [6, 6.07) is 9.81. The first-order valence-corrected chi connectivity index (χ1v) is 8.49. The van der Waals surface area contributed by atoms with Gasteiger partial charge in [0.15, 0.2) is 0 Å². The van der Waals surface area contributed by atoms with Crippen molar-refractivity contribution in [2.75, 3.05) is 13.1 Å². The normalized spacial score (nSPS) is 21.2. The highest BCUT2D eigenvalue weighted by Crippen LogP contribution is 2.31. The Balaban J connectivity index is 1.99. The minimum absolute atomic E-state index is 0.132. The minimum atomic E-state index is -0.383. The molecule has 1 aromatic carbocycles. The summed E-state index contributed by atoms with van der Waals surface area (Å²) in [5.74, 6) is 0.312. The zero-order valence-corrected chi connectivity index (χ0v) is 14.3. The summed E-state index contributed by atoms with van der Waals surface area (Å²) in [5, 5.41) is 2.32.